The van der Waals surface area contributed by atoms with Gasteiger partial charge in [0, 0.05) is 23.7 Å². The van der Waals surface area contributed by atoms with Gasteiger partial charge in [0.15, 0.2) is 0 Å². The molecule has 108 valence electrons. The van der Waals surface area contributed by atoms with E-state index in [1.54, 1.807) is 17.4 Å². The van der Waals surface area contributed by atoms with Gasteiger partial charge in [-0.15, -0.1) is 11.3 Å². The summed E-state index contributed by atoms with van der Waals surface area (Å²) in [6.45, 7) is 4.70. The van der Waals surface area contributed by atoms with Crippen LogP contribution in [0.3, 0.4) is 0 Å². The topological polar surface area (TPSA) is 15.3 Å². The number of thiophene rings is 1. The summed E-state index contributed by atoms with van der Waals surface area (Å²) in [7, 11) is 3.95. The molecule has 1 aromatic heterocycles. The van der Waals surface area contributed by atoms with Crippen molar-refractivity contribution in [1.29, 1.82) is 0 Å². The number of benzene rings is 1. The summed E-state index contributed by atoms with van der Waals surface area (Å²) in [5.74, 6) is -0.143. The van der Waals surface area contributed by atoms with Crippen molar-refractivity contribution >= 4 is 17.0 Å². The van der Waals surface area contributed by atoms with Gasteiger partial charge in [-0.25, -0.2) is 4.39 Å². The number of rotatable bonds is 5. The second-order valence-corrected chi connectivity index (χ2v) is 6.14. The first kappa shape index (κ1) is 15.0. The lowest BCUT2D eigenvalue weighted by Gasteiger charge is -2.25. The number of hydrogen-bond acceptors (Lipinski definition) is 3. The molecule has 4 heteroatoms. The lowest BCUT2D eigenvalue weighted by Crippen LogP contribution is -2.21. The third-order valence-corrected chi connectivity index (χ3v) is 4.45. The van der Waals surface area contributed by atoms with E-state index in [9.17, 15) is 4.39 Å². The van der Waals surface area contributed by atoms with E-state index in [0.717, 1.165) is 17.8 Å². The van der Waals surface area contributed by atoms with Crippen LogP contribution in [-0.4, -0.2) is 14.1 Å². The summed E-state index contributed by atoms with van der Waals surface area (Å²) in [5.41, 5.74) is 2.76. The highest BCUT2D eigenvalue weighted by Crippen LogP contribution is 2.30. The van der Waals surface area contributed by atoms with Gasteiger partial charge in [-0.3, -0.25) is 0 Å². The van der Waals surface area contributed by atoms with Gasteiger partial charge in [0.1, 0.15) is 5.82 Å². The Morgan fingerprint density at radius 3 is 2.75 bits per heavy atom. The maximum Gasteiger partial charge on any atom is 0.126 e. The second-order valence-electron chi connectivity index (χ2n) is 5.11. The summed E-state index contributed by atoms with van der Waals surface area (Å²) in [4.78, 5) is 3.49. The predicted molar refractivity (Wildman–Crippen MR) is 85.0 cm³/mol. The molecule has 1 N–H and O–H groups in total. The van der Waals surface area contributed by atoms with Crippen molar-refractivity contribution in [2.75, 3.05) is 19.0 Å². The molecular formula is C16H21FN2S. The molecule has 0 aliphatic heterocycles. The molecule has 0 saturated heterocycles. The van der Waals surface area contributed by atoms with Crippen LogP contribution in [0.5, 0.6) is 0 Å². The highest BCUT2D eigenvalue weighted by atomic mass is 32.1. The van der Waals surface area contributed by atoms with Gasteiger partial charge >= 0.3 is 0 Å². The quantitative estimate of drug-likeness (QED) is 0.892. The van der Waals surface area contributed by atoms with Gasteiger partial charge in [0.25, 0.3) is 0 Å². The van der Waals surface area contributed by atoms with Crippen molar-refractivity contribution in [2.45, 2.75) is 26.4 Å². The minimum atomic E-state index is -0.143. The normalized spacial score (nSPS) is 12.4. The summed E-state index contributed by atoms with van der Waals surface area (Å²) in [6.07, 6.45) is 0. The number of nitrogens with one attached hydrogen (secondary N) is 1. The zero-order valence-electron chi connectivity index (χ0n) is 12.4. The van der Waals surface area contributed by atoms with Crippen molar-refractivity contribution in [1.82, 2.24) is 5.32 Å². The Morgan fingerprint density at radius 1 is 1.40 bits per heavy atom. The number of nitrogens with zero attached hydrogens (tertiary/aromatic N) is 1. The lowest BCUT2D eigenvalue weighted by molar-refractivity contribution is 0.600. The second kappa shape index (κ2) is 6.37. The third-order valence-electron chi connectivity index (χ3n) is 3.59. The molecule has 2 aromatic rings. The molecule has 0 aliphatic rings. The fourth-order valence-electron chi connectivity index (χ4n) is 2.24. The molecule has 1 unspecified atom stereocenters. The fourth-order valence-corrected chi connectivity index (χ4v) is 2.99. The van der Waals surface area contributed by atoms with Gasteiger partial charge in [0.05, 0.1) is 6.54 Å². The van der Waals surface area contributed by atoms with E-state index in [-0.39, 0.29) is 11.9 Å². The van der Waals surface area contributed by atoms with E-state index in [1.807, 2.05) is 27.0 Å². The molecular weight excluding hydrogens is 271 g/mol. The number of anilines is 1. The first-order valence-electron chi connectivity index (χ1n) is 6.73. The van der Waals surface area contributed by atoms with Crippen LogP contribution in [-0.2, 0) is 6.54 Å². The van der Waals surface area contributed by atoms with Crippen molar-refractivity contribution in [3.05, 3.63) is 51.5 Å². The highest BCUT2D eigenvalue weighted by Gasteiger charge is 2.15. The minimum absolute atomic E-state index is 0.117. The maximum absolute atomic E-state index is 13.9. The van der Waals surface area contributed by atoms with E-state index in [1.165, 1.54) is 4.88 Å². The van der Waals surface area contributed by atoms with Crippen molar-refractivity contribution in [3.63, 3.8) is 0 Å². The summed E-state index contributed by atoms with van der Waals surface area (Å²) >= 11 is 1.74. The molecule has 2 rings (SSSR count). The van der Waals surface area contributed by atoms with E-state index in [0.29, 0.717) is 5.56 Å². The van der Waals surface area contributed by atoms with Crippen LogP contribution >= 0.6 is 11.3 Å². The first-order chi connectivity index (χ1) is 9.52. The number of aryl methyl sites for hydroxylation is 1. The Bertz CT molecular complexity index is 566. The standard InChI is InChI=1S/C16H21FN2S/c1-11-8-16(14(9-15(11)17)12(2)18-3)19(4)10-13-6-5-7-20-13/h5-9,12,18H,10H2,1-4H3. The smallest absolute Gasteiger partial charge is 0.126 e. The van der Waals surface area contributed by atoms with Gasteiger partial charge in [-0.2, -0.15) is 0 Å². The molecule has 0 radical (unpaired) electrons. The molecule has 0 amide bonds. The molecule has 2 nitrogen and oxygen atoms in total. The van der Waals surface area contributed by atoms with Crippen LogP contribution in [0.4, 0.5) is 10.1 Å². The van der Waals surface area contributed by atoms with Crippen LogP contribution < -0.4 is 10.2 Å². The van der Waals surface area contributed by atoms with Crippen LogP contribution in [0, 0.1) is 12.7 Å². The maximum atomic E-state index is 13.9. The van der Waals surface area contributed by atoms with Gasteiger partial charge in [-0.1, -0.05) is 6.07 Å². The first-order valence-corrected chi connectivity index (χ1v) is 7.61. The van der Waals surface area contributed by atoms with Crippen molar-refractivity contribution < 1.29 is 4.39 Å². The Morgan fingerprint density at radius 2 is 2.15 bits per heavy atom. The van der Waals surface area contributed by atoms with Gasteiger partial charge < -0.3 is 10.2 Å². The largest absolute Gasteiger partial charge is 0.369 e. The van der Waals surface area contributed by atoms with Crippen molar-refractivity contribution in [3.8, 4) is 0 Å². The lowest BCUT2D eigenvalue weighted by atomic mass is 10.0. The molecule has 0 fully saturated rings. The molecule has 20 heavy (non-hydrogen) atoms. The van der Waals surface area contributed by atoms with Crippen LogP contribution in [0.2, 0.25) is 0 Å². The van der Waals surface area contributed by atoms with E-state index >= 15 is 0 Å². The summed E-state index contributed by atoms with van der Waals surface area (Å²) in [5, 5.41) is 5.27. The van der Waals surface area contributed by atoms with Crippen LogP contribution in [0.1, 0.15) is 29.0 Å². The zero-order valence-corrected chi connectivity index (χ0v) is 13.2. The molecule has 0 saturated carbocycles. The molecule has 1 atom stereocenters. The minimum Gasteiger partial charge on any atom is -0.369 e. The Labute approximate surface area is 124 Å². The molecule has 0 aliphatic carbocycles. The number of halogens is 1. The summed E-state index contributed by atoms with van der Waals surface area (Å²) < 4.78 is 13.9. The van der Waals surface area contributed by atoms with Crippen LogP contribution in [0.25, 0.3) is 0 Å². The average Bonchev–Trinajstić information content (AvgIpc) is 2.93. The van der Waals surface area contributed by atoms with E-state index in [2.05, 4.69) is 34.8 Å². The average molecular weight is 292 g/mol. The van der Waals surface area contributed by atoms with Gasteiger partial charge in [0.2, 0.25) is 0 Å². The van der Waals surface area contributed by atoms with Crippen molar-refractivity contribution in [2.24, 2.45) is 0 Å². The molecule has 1 aromatic carbocycles. The zero-order chi connectivity index (χ0) is 14.7. The van der Waals surface area contributed by atoms with Gasteiger partial charge in [-0.05, 0) is 55.6 Å². The predicted octanol–water partition coefficient (Wildman–Crippen LogP) is 4.11. The SMILES string of the molecule is CNC(C)c1cc(F)c(C)cc1N(C)Cc1cccs1. The number of hydrogen-bond donors (Lipinski definition) is 1. The Balaban J connectivity index is 2.35. The van der Waals surface area contributed by atoms with Crippen LogP contribution in [0.15, 0.2) is 29.6 Å². The monoisotopic (exact) mass is 292 g/mol. The van der Waals surface area contributed by atoms with E-state index < -0.39 is 0 Å². The third kappa shape index (κ3) is 3.19. The Hall–Kier alpha value is -1.39. The van der Waals surface area contributed by atoms with E-state index in [4.69, 9.17) is 0 Å². The molecule has 1 heterocycles. The molecule has 0 bridgehead atoms. The Kier molecular flexibility index (Phi) is 4.78. The highest BCUT2D eigenvalue weighted by molar-refractivity contribution is 7.09. The summed E-state index contributed by atoms with van der Waals surface area (Å²) in [6, 6.07) is 7.88. The fraction of sp³-hybridized carbons (Fsp3) is 0.375. The molecule has 0 spiro atoms.